The zero-order valence-corrected chi connectivity index (χ0v) is 5.99. The third-order valence-corrected chi connectivity index (χ3v) is 1.62. The molecule has 1 aliphatic heterocycles. The van der Waals surface area contributed by atoms with Gasteiger partial charge in [-0.25, -0.2) is 0 Å². The quantitative estimate of drug-likeness (QED) is 0.493. The Hall–Kier alpha value is -1.59. The fourth-order valence-corrected chi connectivity index (χ4v) is 1.08. The van der Waals surface area contributed by atoms with Crippen LogP contribution < -0.4 is 0 Å². The van der Waals surface area contributed by atoms with Gasteiger partial charge in [-0.2, -0.15) is 0 Å². The third-order valence-electron chi connectivity index (χ3n) is 1.62. The highest BCUT2D eigenvalue weighted by molar-refractivity contribution is 5.77. The smallest absolute Gasteiger partial charge is 0.0901 e. The normalized spacial score (nSPS) is 13.9. The molecule has 0 atom stereocenters. The molecule has 1 heterocycles. The first kappa shape index (κ1) is 6.14. The van der Waals surface area contributed by atoms with Gasteiger partial charge in [0.05, 0.1) is 11.8 Å². The van der Waals surface area contributed by atoms with E-state index in [1.54, 1.807) is 0 Å². The number of nitrogens with zero attached hydrogens (tertiary/aromatic N) is 1. The van der Waals surface area contributed by atoms with Crippen LogP contribution in [0, 0.1) is 6.58 Å². The lowest BCUT2D eigenvalue weighted by atomic mass is 10.1. The van der Waals surface area contributed by atoms with Crippen LogP contribution in [0.4, 0.5) is 5.69 Å². The molecule has 2 rings (SSSR count). The minimum absolute atomic E-state index is 0.573. The Morgan fingerprint density at radius 3 is 2.82 bits per heavy atom. The van der Waals surface area contributed by atoms with Crippen molar-refractivity contribution in [2.75, 3.05) is 0 Å². The highest BCUT2D eigenvalue weighted by Crippen LogP contribution is 2.32. The molecule has 0 saturated carbocycles. The Balaban J connectivity index is 2.54. The number of para-hydroxylation sites is 1. The molecule has 0 aromatic heterocycles. The van der Waals surface area contributed by atoms with Crippen LogP contribution in [0.3, 0.4) is 0 Å². The van der Waals surface area contributed by atoms with E-state index in [2.05, 4.69) is 5.32 Å². The van der Waals surface area contributed by atoms with Crippen LogP contribution in [0.1, 0.15) is 5.56 Å². The van der Waals surface area contributed by atoms with Crippen LogP contribution in [0.15, 0.2) is 36.0 Å². The molecule has 0 aliphatic carbocycles. The summed E-state index contributed by atoms with van der Waals surface area (Å²) in [5.74, 6) is 0. The molecule has 1 nitrogen and oxygen atoms in total. The van der Waals surface area contributed by atoms with Crippen molar-refractivity contribution in [3.63, 3.8) is 0 Å². The SMILES string of the molecule is [CH+]=C1C=Cc2ccccc2[N-]1. The summed E-state index contributed by atoms with van der Waals surface area (Å²) in [4.78, 5) is 0. The lowest BCUT2D eigenvalue weighted by Gasteiger charge is -2.21. The molecule has 0 radical (unpaired) electrons. The molecule has 0 saturated heterocycles. The van der Waals surface area contributed by atoms with Crippen LogP contribution in [0.25, 0.3) is 11.4 Å². The summed E-state index contributed by atoms with van der Waals surface area (Å²) in [6.45, 7) is 5.51. The Bertz CT molecular complexity index is 323. The highest BCUT2D eigenvalue weighted by atomic mass is 14.9. The van der Waals surface area contributed by atoms with Gasteiger partial charge in [0.2, 0.25) is 0 Å². The first-order valence-corrected chi connectivity index (χ1v) is 3.47. The molecule has 0 unspecified atom stereocenters. The minimum atomic E-state index is 0.573. The average molecular weight is 141 g/mol. The topological polar surface area (TPSA) is 14.1 Å². The summed E-state index contributed by atoms with van der Waals surface area (Å²) < 4.78 is 0. The predicted molar refractivity (Wildman–Crippen MR) is 46.3 cm³/mol. The number of rotatable bonds is 0. The lowest BCUT2D eigenvalue weighted by Crippen LogP contribution is -1.83. The van der Waals surface area contributed by atoms with Gasteiger partial charge >= 0.3 is 0 Å². The molecule has 0 N–H and O–H groups in total. The zero-order chi connectivity index (χ0) is 7.68. The van der Waals surface area contributed by atoms with Gasteiger partial charge in [0, 0.05) is 12.7 Å². The predicted octanol–water partition coefficient (Wildman–Crippen LogP) is 3.04. The maximum absolute atomic E-state index is 5.51. The Labute approximate surface area is 66.1 Å². The fraction of sp³-hybridized carbons (Fsp3) is 0. The van der Waals surface area contributed by atoms with Crippen LogP contribution >= 0.6 is 0 Å². The summed E-state index contributed by atoms with van der Waals surface area (Å²) in [6.07, 6.45) is 3.78. The molecule has 52 valence electrons. The summed E-state index contributed by atoms with van der Waals surface area (Å²) >= 11 is 0. The van der Waals surface area contributed by atoms with Crippen LogP contribution in [0.5, 0.6) is 0 Å². The molecule has 1 heteroatoms. The van der Waals surface area contributed by atoms with Gasteiger partial charge in [-0.1, -0.05) is 24.3 Å². The van der Waals surface area contributed by atoms with Crippen molar-refractivity contribution in [3.8, 4) is 0 Å². The van der Waals surface area contributed by atoms with Crippen molar-refractivity contribution in [2.24, 2.45) is 0 Å². The van der Waals surface area contributed by atoms with E-state index in [1.807, 2.05) is 36.4 Å². The Morgan fingerprint density at radius 2 is 1.91 bits per heavy atom. The molecule has 1 aromatic carbocycles. The second-order valence-electron chi connectivity index (χ2n) is 2.43. The number of allylic oxidation sites excluding steroid dienone is 1. The highest BCUT2D eigenvalue weighted by Gasteiger charge is 1.98. The largest absolute Gasteiger partial charge is 0.614 e. The molecule has 0 bridgehead atoms. The molecular weight excluding hydrogens is 134 g/mol. The van der Waals surface area contributed by atoms with E-state index < -0.39 is 0 Å². The monoisotopic (exact) mass is 141 g/mol. The lowest BCUT2D eigenvalue weighted by molar-refractivity contribution is 1.53. The van der Waals surface area contributed by atoms with E-state index in [9.17, 15) is 0 Å². The molecular formula is C10H7N. The summed E-state index contributed by atoms with van der Waals surface area (Å²) in [7, 11) is 0. The first-order valence-electron chi connectivity index (χ1n) is 3.47. The number of fused-ring (bicyclic) bond motifs is 1. The van der Waals surface area contributed by atoms with Crippen molar-refractivity contribution in [1.29, 1.82) is 0 Å². The summed E-state index contributed by atoms with van der Waals surface area (Å²) in [6, 6.07) is 7.91. The van der Waals surface area contributed by atoms with Crippen molar-refractivity contribution < 1.29 is 0 Å². The fourth-order valence-electron chi connectivity index (χ4n) is 1.08. The van der Waals surface area contributed by atoms with E-state index >= 15 is 0 Å². The van der Waals surface area contributed by atoms with E-state index in [1.165, 1.54) is 0 Å². The van der Waals surface area contributed by atoms with Gasteiger partial charge in [0.15, 0.2) is 0 Å². The standard InChI is InChI=1S/C10H7N/c1-8-6-7-9-4-2-3-5-10(9)11-8/h1-7H. The average Bonchev–Trinajstić information content (AvgIpc) is 2.04. The number of benzene rings is 1. The first-order chi connectivity index (χ1) is 5.36. The summed E-state index contributed by atoms with van der Waals surface area (Å²) in [5.41, 5.74) is 2.65. The van der Waals surface area contributed by atoms with Gasteiger partial charge in [-0.15, -0.1) is 5.69 Å². The van der Waals surface area contributed by atoms with Crippen molar-refractivity contribution in [2.45, 2.75) is 0 Å². The van der Waals surface area contributed by atoms with Gasteiger partial charge in [0.25, 0.3) is 0 Å². The maximum atomic E-state index is 5.51. The zero-order valence-electron chi connectivity index (χ0n) is 5.99. The van der Waals surface area contributed by atoms with Gasteiger partial charge in [-0.05, 0) is 5.56 Å². The van der Waals surface area contributed by atoms with Gasteiger partial charge < -0.3 is 5.32 Å². The second kappa shape index (κ2) is 2.22. The van der Waals surface area contributed by atoms with E-state index in [0.717, 1.165) is 11.3 Å². The molecule has 1 aromatic rings. The third kappa shape index (κ3) is 1.02. The molecule has 11 heavy (non-hydrogen) atoms. The second-order valence-corrected chi connectivity index (χ2v) is 2.43. The molecule has 1 aliphatic rings. The Kier molecular flexibility index (Phi) is 1.24. The van der Waals surface area contributed by atoms with Crippen LogP contribution in [-0.2, 0) is 0 Å². The van der Waals surface area contributed by atoms with Crippen molar-refractivity contribution in [3.05, 3.63) is 53.5 Å². The van der Waals surface area contributed by atoms with E-state index in [0.29, 0.717) is 5.70 Å². The van der Waals surface area contributed by atoms with Crippen LogP contribution in [-0.4, -0.2) is 0 Å². The van der Waals surface area contributed by atoms with Gasteiger partial charge in [-0.3, -0.25) is 0 Å². The number of hydrogen-bond acceptors (Lipinski definition) is 0. The van der Waals surface area contributed by atoms with E-state index in [4.69, 9.17) is 6.58 Å². The van der Waals surface area contributed by atoms with Gasteiger partial charge in [0.1, 0.15) is 0 Å². The minimum Gasteiger partial charge on any atom is -0.614 e. The molecule has 0 fully saturated rings. The van der Waals surface area contributed by atoms with E-state index in [-0.39, 0.29) is 0 Å². The Morgan fingerprint density at radius 1 is 1.09 bits per heavy atom. The molecule has 0 amide bonds. The molecule has 0 spiro atoms. The number of hydrogen-bond donors (Lipinski definition) is 0. The van der Waals surface area contributed by atoms with Crippen LogP contribution in [0.2, 0.25) is 0 Å². The van der Waals surface area contributed by atoms with Crippen molar-refractivity contribution in [1.82, 2.24) is 0 Å². The van der Waals surface area contributed by atoms with Crippen molar-refractivity contribution >= 4 is 11.8 Å². The summed E-state index contributed by atoms with van der Waals surface area (Å²) in [5, 5.41) is 4.15. The maximum Gasteiger partial charge on any atom is 0.0901 e.